The SMILES string of the molecule is O=C(O)[C@@H]1CC[C@@H](c2c(C3CCOCC3)n(-c3ccc(F)cc3)c3cc4cn[nH]c4cc23)CO1. The van der Waals surface area contributed by atoms with Crippen LogP contribution in [0.5, 0.6) is 0 Å². The first-order valence-corrected chi connectivity index (χ1v) is 11.8. The number of benzene rings is 2. The highest BCUT2D eigenvalue weighted by Gasteiger charge is 2.34. The second-order valence-electron chi connectivity index (χ2n) is 9.26. The number of aromatic amines is 1. The Morgan fingerprint density at radius 3 is 2.59 bits per heavy atom. The molecular formula is C26H26FN3O4. The molecule has 2 atom stereocenters. The van der Waals surface area contributed by atoms with E-state index in [1.807, 2.05) is 18.3 Å². The topological polar surface area (TPSA) is 89.4 Å². The minimum Gasteiger partial charge on any atom is -0.479 e. The second kappa shape index (κ2) is 8.52. The number of carboxylic acids is 1. The maximum absolute atomic E-state index is 13.8. The van der Waals surface area contributed by atoms with Crippen LogP contribution < -0.4 is 0 Å². The van der Waals surface area contributed by atoms with Gasteiger partial charge < -0.3 is 19.1 Å². The van der Waals surface area contributed by atoms with Crippen molar-refractivity contribution in [3.8, 4) is 5.69 Å². The van der Waals surface area contributed by atoms with E-state index in [0.29, 0.717) is 26.2 Å². The molecule has 2 aliphatic rings. The molecule has 4 aromatic rings. The van der Waals surface area contributed by atoms with E-state index in [0.717, 1.165) is 46.8 Å². The number of H-pyrrole nitrogens is 1. The summed E-state index contributed by atoms with van der Waals surface area (Å²) in [5, 5.41) is 18.8. The van der Waals surface area contributed by atoms with Crippen LogP contribution in [-0.2, 0) is 14.3 Å². The van der Waals surface area contributed by atoms with Gasteiger partial charge in [-0.25, -0.2) is 9.18 Å². The fourth-order valence-electron chi connectivity index (χ4n) is 5.61. The number of fused-ring (bicyclic) bond motifs is 2. The van der Waals surface area contributed by atoms with Crippen LogP contribution >= 0.6 is 0 Å². The van der Waals surface area contributed by atoms with Gasteiger partial charge in [-0.05, 0) is 67.6 Å². The molecule has 0 saturated carbocycles. The lowest BCUT2D eigenvalue weighted by Gasteiger charge is -2.31. The van der Waals surface area contributed by atoms with Gasteiger partial charge in [0.1, 0.15) is 5.82 Å². The number of aliphatic carboxylic acids is 1. The number of nitrogens with zero attached hydrogens (tertiary/aromatic N) is 2. The van der Waals surface area contributed by atoms with Gasteiger partial charge in [-0.15, -0.1) is 0 Å². The van der Waals surface area contributed by atoms with Gasteiger partial charge in [0.05, 0.1) is 23.8 Å². The zero-order valence-corrected chi connectivity index (χ0v) is 18.7. The van der Waals surface area contributed by atoms with E-state index in [4.69, 9.17) is 9.47 Å². The highest BCUT2D eigenvalue weighted by Crippen LogP contribution is 2.45. The molecule has 0 bridgehead atoms. The molecule has 2 fully saturated rings. The average Bonchev–Trinajstić information content (AvgIpc) is 3.45. The molecule has 4 heterocycles. The molecule has 0 unspecified atom stereocenters. The molecule has 0 aliphatic carbocycles. The van der Waals surface area contributed by atoms with Crippen molar-refractivity contribution in [2.24, 2.45) is 0 Å². The quantitative estimate of drug-likeness (QED) is 0.450. The molecule has 2 aromatic carbocycles. The number of halogens is 1. The first-order chi connectivity index (χ1) is 16.6. The van der Waals surface area contributed by atoms with E-state index in [1.165, 1.54) is 23.4 Å². The predicted molar refractivity (Wildman–Crippen MR) is 125 cm³/mol. The number of carboxylic acid groups (broad SMARTS) is 1. The highest BCUT2D eigenvalue weighted by atomic mass is 19.1. The van der Waals surface area contributed by atoms with Gasteiger partial charge in [-0.3, -0.25) is 5.10 Å². The van der Waals surface area contributed by atoms with Crippen LogP contribution in [0.3, 0.4) is 0 Å². The summed E-state index contributed by atoms with van der Waals surface area (Å²) in [6.07, 6.45) is 4.06. The largest absolute Gasteiger partial charge is 0.479 e. The number of aromatic nitrogens is 3. The minimum atomic E-state index is -0.906. The first kappa shape index (κ1) is 21.3. The van der Waals surface area contributed by atoms with Gasteiger partial charge in [0.25, 0.3) is 0 Å². The van der Waals surface area contributed by atoms with E-state index in [2.05, 4.69) is 26.9 Å². The summed E-state index contributed by atoms with van der Waals surface area (Å²) in [6, 6.07) is 10.9. The van der Waals surface area contributed by atoms with Crippen LogP contribution in [-0.4, -0.2) is 51.8 Å². The smallest absolute Gasteiger partial charge is 0.332 e. The second-order valence-corrected chi connectivity index (χ2v) is 9.26. The molecule has 2 saturated heterocycles. The summed E-state index contributed by atoms with van der Waals surface area (Å²) in [5.74, 6) is -0.838. The lowest BCUT2D eigenvalue weighted by atomic mass is 9.84. The van der Waals surface area contributed by atoms with Gasteiger partial charge in [-0.1, -0.05) is 0 Å². The van der Waals surface area contributed by atoms with Crippen molar-refractivity contribution in [1.82, 2.24) is 14.8 Å². The lowest BCUT2D eigenvalue weighted by molar-refractivity contribution is -0.153. The fraction of sp³-hybridized carbons (Fsp3) is 0.385. The van der Waals surface area contributed by atoms with E-state index in [1.54, 1.807) is 0 Å². The average molecular weight is 464 g/mol. The maximum Gasteiger partial charge on any atom is 0.332 e. The van der Waals surface area contributed by atoms with Crippen molar-refractivity contribution in [2.75, 3.05) is 19.8 Å². The summed E-state index contributed by atoms with van der Waals surface area (Å²) in [5.41, 5.74) is 5.29. The van der Waals surface area contributed by atoms with Crippen LogP contribution in [0.1, 0.15) is 48.8 Å². The van der Waals surface area contributed by atoms with Crippen molar-refractivity contribution < 1.29 is 23.8 Å². The Hall–Kier alpha value is -3.23. The van der Waals surface area contributed by atoms with Gasteiger partial charge in [-0.2, -0.15) is 5.10 Å². The van der Waals surface area contributed by atoms with Gasteiger partial charge >= 0.3 is 5.97 Å². The molecule has 8 heteroatoms. The molecule has 7 nitrogen and oxygen atoms in total. The van der Waals surface area contributed by atoms with Crippen molar-refractivity contribution in [1.29, 1.82) is 0 Å². The monoisotopic (exact) mass is 463 g/mol. The van der Waals surface area contributed by atoms with E-state index < -0.39 is 12.1 Å². The Morgan fingerprint density at radius 1 is 1.09 bits per heavy atom. The van der Waals surface area contributed by atoms with Crippen LogP contribution in [0.4, 0.5) is 4.39 Å². The fourth-order valence-corrected chi connectivity index (χ4v) is 5.61. The van der Waals surface area contributed by atoms with Gasteiger partial charge in [0.15, 0.2) is 6.10 Å². The van der Waals surface area contributed by atoms with E-state index >= 15 is 0 Å². The standard InChI is InChI=1S/C26H26FN3O4/c27-18-2-4-19(5-3-18)30-22-11-17-13-28-29-21(17)12-20(22)24(25(30)15-7-9-33-10-8-15)16-1-6-23(26(31)32)34-14-16/h2-5,11-13,15-16,23H,1,6-10,14H2,(H,28,29)(H,31,32)/t16-,23+/m1/s1. The first-order valence-electron chi connectivity index (χ1n) is 11.8. The molecule has 6 rings (SSSR count). The zero-order chi connectivity index (χ0) is 23.2. The van der Waals surface area contributed by atoms with Crippen LogP contribution in [0, 0.1) is 5.82 Å². The lowest BCUT2D eigenvalue weighted by Crippen LogP contribution is -2.31. The van der Waals surface area contributed by atoms with Crippen molar-refractivity contribution >= 4 is 27.8 Å². The summed E-state index contributed by atoms with van der Waals surface area (Å²) in [4.78, 5) is 11.5. The molecule has 34 heavy (non-hydrogen) atoms. The Bertz CT molecular complexity index is 1350. The molecule has 0 radical (unpaired) electrons. The molecule has 2 N–H and O–H groups in total. The minimum absolute atomic E-state index is 0.0676. The van der Waals surface area contributed by atoms with Crippen LogP contribution in [0.15, 0.2) is 42.6 Å². The number of carbonyl (C=O) groups is 1. The summed E-state index contributed by atoms with van der Waals surface area (Å²) < 4.78 is 27.6. The van der Waals surface area contributed by atoms with E-state index in [-0.39, 0.29) is 17.7 Å². The number of ether oxygens (including phenoxy) is 2. The Balaban J connectivity index is 1.60. The van der Waals surface area contributed by atoms with Crippen LogP contribution in [0.2, 0.25) is 0 Å². The normalized spacial score (nSPS) is 21.9. The van der Waals surface area contributed by atoms with Crippen LogP contribution in [0.25, 0.3) is 27.5 Å². The van der Waals surface area contributed by atoms with Crippen molar-refractivity contribution in [3.63, 3.8) is 0 Å². The molecular weight excluding hydrogens is 437 g/mol. The number of rotatable bonds is 4. The Labute approximate surface area is 195 Å². The molecule has 176 valence electrons. The highest BCUT2D eigenvalue weighted by molar-refractivity contribution is 5.99. The molecule has 0 spiro atoms. The Kier molecular flexibility index (Phi) is 5.34. The predicted octanol–water partition coefficient (Wildman–Crippen LogP) is 4.89. The zero-order valence-electron chi connectivity index (χ0n) is 18.7. The number of nitrogens with one attached hydrogen (secondary N) is 1. The van der Waals surface area contributed by atoms with Gasteiger partial charge in [0.2, 0.25) is 0 Å². The Morgan fingerprint density at radius 2 is 1.88 bits per heavy atom. The molecule has 2 aromatic heterocycles. The number of hydrogen-bond donors (Lipinski definition) is 2. The van der Waals surface area contributed by atoms with Crippen molar-refractivity contribution in [2.45, 2.75) is 43.6 Å². The summed E-state index contributed by atoms with van der Waals surface area (Å²) >= 11 is 0. The summed E-state index contributed by atoms with van der Waals surface area (Å²) in [6.45, 7) is 1.75. The van der Waals surface area contributed by atoms with Crippen molar-refractivity contribution in [3.05, 3.63) is 59.7 Å². The molecule has 2 aliphatic heterocycles. The molecule has 0 amide bonds. The van der Waals surface area contributed by atoms with E-state index in [9.17, 15) is 14.3 Å². The third-order valence-electron chi connectivity index (χ3n) is 7.26. The summed E-state index contributed by atoms with van der Waals surface area (Å²) in [7, 11) is 0. The maximum atomic E-state index is 13.8. The number of hydrogen-bond acceptors (Lipinski definition) is 4. The third-order valence-corrected chi connectivity index (χ3v) is 7.26. The van der Waals surface area contributed by atoms with Gasteiger partial charge in [0, 0.05) is 47.2 Å². The third kappa shape index (κ3) is 3.58.